The number of ether oxygens (including phenoxy) is 1. The van der Waals surface area contributed by atoms with E-state index in [4.69, 9.17) is 16.3 Å². The van der Waals surface area contributed by atoms with Gasteiger partial charge in [-0.15, -0.1) is 0 Å². The number of halogens is 1. The summed E-state index contributed by atoms with van der Waals surface area (Å²) in [7, 11) is 0. The number of nitrogens with zero attached hydrogens (tertiary/aromatic N) is 5. The van der Waals surface area contributed by atoms with Gasteiger partial charge in [0.05, 0.1) is 19.0 Å². The summed E-state index contributed by atoms with van der Waals surface area (Å²) in [5.74, 6) is 1.06. The van der Waals surface area contributed by atoms with Gasteiger partial charge in [0.25, 0.3) is 5.91 Å². The van der Waals surface area contributed by atoms with E-state index in [1.807, 2.05) is 36.1 Å². The maximum Gasteiger partial charge on any atom is 0.254 e. The summed E-state index contributed by atoms with van der Waals surface area (Å²) < 4.78 is 5.31. The number of hydrogen-bond donors (Lipinski definition) is 0. The number of carbonyl (C=O) groups is 2. The molecule has 1 aromatic heterocycles. The molecule has 0 saturated carbocycles. The Morgan fingerprint density at radius 3 is 2.42 bits per heavy atom. The maximum absolute atomic E-state index is 13.2. The molecule has 10 heteroatoms. The van der Waals surface area contributed by atoms with E-state index in [2.05, 4.69) is 35.6 Å². The van der Waals surface area contributed by atoms with Gasteiger partial charge in [-0.1, -0.05) is 56.3 Å². The number of carbonyl (C=O) groups excluding carboxylic acids is 2. The molecular weight excluding hydrogens is 498 g/mol. The van der Waals surface area contributed by atoms with Crippen LogP contribution in [0.15, 0.2) is 35.5 Å². The van der Waals surface area contributed by atoms with Crippen LogP contribution in [0.3, 0.4) is 0 Å². The monoisotopic (exact) mass is 531 g/mol. The van der Waals surface area contributed by atoms with E-state index in [9.17, 15) is 9.59 Å². The van der Waals surface area contributed by atoms with E-state index in [-0.39, 0.29) is 29.0 Å². The molecule has 0 radical (unpaired) electrons. The van der Waals surface area contributed by atoms with E-state index >= 15 is 0 Å². The summed E-state index contributed by atoms with van der Waals surface area (Å²) in [5.41, 5.74) is 1.96. The molecule has 2 aromatic rings. The predicted octanol–water partition coefficient (Wildman–Crippen LogP) is 3.73. The summed E-state index contributed by atoms with van der Waals surface area (Å²) in [5, 5.41) is 0.815. The van der Waals surface area contributed by atoms with E-state index in [0.29, 0.717) is 67.6 Å². The lowest BCUT2D eigenvalue weighted by molar-refractivity contribution is -0.132. The van der Waals surface area contributed by atoms with Crippen molar-refractivity contribution < 1.29 is 14.3 Å². The number of piperazine rings is 1. The molecule has 0 aliphatic carbocycles. The van der Waals surface area contributed by atoms with Gasteiger partial charge in [0.15, 0.2) is 5.16 Å². The molecule has 1 atom stereocenters. The van der Waals surface area contributed by atoms with Crippen LogP contribution in [-0.4, -0.2) is 89.3 Å². The van der Waals surface area contributed by atoms with Gasteiger partial charge in [-0.05, 0) is 30.0 Å². The van der Waals surface area contributed by atoms with E-state index in [1.165, 1.54) is 17.3 Å². The Kier molecular flexibility index (Phi) is 8.42. The van der Waals surface area contributed by atoms with Gasteiger partial charge in [0, 0.05) is 50.4 Å². The van der Waals surface area contributed by atoms with Gasteiger partial charge in [0.2, 0.25) is 5.91 Å². The lowest BCUT2D eigenvalue weighted by atomic mass is 9.86. The normalized spacial score (nSPS) is 18.9. The molecule has 8 nitrogen and oxygen atoms in total. The first-order valence-corrected chi connectivity index (χ1v) is 13.7. The molecule has 194 valence electrons. The third-order valence-electron chi connectivity index (χ3n) is 6.56. The van der Waals surface area contributed by atoms with E-state index < -0.39 is 0 Å². The molecular formula is C26H34ClN5O3S. The minimum absolute atomic E-state index is 0.00119. The zero-order valence-corrected chi connectivity index (χ0v) is 22.9. The first kappa shape index (κ1) is 26.7. The van der Waals surface area contributed by atoms with Gasteiger partial charge in [-0.25, -0.2) is 9.97 Å². The highest BCUT2D eigenvalue weighted by Crippen LogP contribution is 2.26. The van der Waals surface area contributed by atoms with Crippen molar-refractivity contribution in [3.05, 3.63) is 46.6 Å². The largest absolute Gasteiger partial charge is 0.378 e. The van der Waals surface area contributed by atoms with Crippen LogP contribution in [0.4, 0.5) is 5.82 Å². The average Bonchev–Trinajstić information content (AvgIpc) is 2.86. The lowest BCUT2D eigenvalue weighted by Gasteiger charge is -2.40. The van der Waals surface area contributed by atoms with Crippen molar-refractivity contribution in [1.29, 1.82) is 0 Å². The highest BCUT2D eigenvalue weighted by atomic mass is 35.5. The number of thioether (sulfide) groups is 1. The van der Waals surface area contributed by atoms with Crippen molar-refractivity contribution in [2.24, 2.45) is 0 Å². The minimum atomic E-state index is 0.00119. The first-order chi connectivity index (χ1) is 17.1. The molecule has 36 heavy (non-hydrogen) atoms. The van der Waals surface area contributed by atoms with Crippen LogP contribution >= 0.6 is 23.4 Å². The third kappa shape index (κ3) is 6.49. The van der Waals surface area contributed by atoms with Crippen LogP contribution in [0.1, 0.15) is 43.6 Å². The van der Waals surface area contributed by atoms with Crippen LogP contribution in [0.2, 0.25) is 5.15 Å². The topological polar surface area (TPSA) is 78.9 Å². The molecule has 1 aromatic carbocycles. The lowest BCUT2D eigenvalue weighted by Crippen LogP contribution is -2.54. The Labute approximate surface area is 222 Å². The summed E-state index contributed by atoms with van der Waals surface area (Å²) in [6.07, 6.45) is 0. The minimum Gasteiger partial charge on any atom is -0.378 e. The number of amides is 2. The van der Waals surface area contributed by atoms with Crippen molar-refractivity contribution in [3.63, 3.8) is 0 Å². The molecule has 3 heterocycles. The average molecular weight is 532 g/mol. The molecule has 4 rings (SSSR count). The van der Waals surface area contributed by atoms with Crippen LogP contribution in [0.5, 0.6) is 0 Å². The van der Waals surface area contributed by atoms with Crippen LogP contribution < -0.4 is 4.90 Å². The van der Waals surface area contributed by atoms with Crippen molar-refractivity contribution in [2.75, 3.05) is 56.6 Å². The zero-order chi connectivity index (χ0) is 25.9. The zero-order valence-electron chi connectivity index (χ0n) is 21.4. The van der Waals surface area contributed by atoms with Crippen molar-refractivity contribution in [1.82, 2.24) is 19.8 Å². The molecule has 2 amide bonds. The second kappa shape index (κ2) is 11.4. The standard InChI is InChI=1S/C26H34ClN5O3S/c1-18-16-31(9-10-32(18)24(34)19-5-7-20(8-6-19)26(2,3)4)22-15-21(27)28-25(29-22)36-17-23(33)30-11-13-35-14-12-30/h5-8,15,18H,9-14,16-17H2,1-4H3. The van der Waals surface area contributed by atoms with Crippen molar-refractivity contribution in [2.45, 2.75) is 44.3 Å². The fraction of sp³-hybridized carbons (Fsp3) is 0.538. The summed E-state index contributed by atoms with van der Waals surface area (Å²) in [6.45, 7) is 12.8. The quantitative estimate of drug-likeness (QED) is 0.330. The Morgan fingerprint density at radius 1 is 1.08 bits per heavy atom. The Morgan fingerprint density at radius 2 is 1.78 bits per heavy atom. The highest BCUT2D eigenvalue weighted by molar-refractivity contribution is 7.99. The van der Waals surface area contributed by atoms with Crippen LogP contribution in [0.25, 0.3) is 0 Å². The Bertz CT molecular complexity index is 1090. The number of anilines is 1. The van der Waals surface area contributed by atoms with Gasteiger partial charge in [-0.2, -0.15) is 0 Å². The Balaban J connectivity index is 1.37. The van der Waals surface area contributed by atoms with Crippen molar-refractivity contribution >= 4 is 41.0 Å². The molecule has 2 saturated heterocycles. The van der Waals surface area contributed by atoms with E-state index in [1.54, 1.807) is 11.0 Å². The van der Waals surface area contributed by atoms with Crippen LogP contribution in [-0.2, 0) is 14.9 Å². The predicted molar refractivity (Wildman–Crippen MR) is 143 cm³/mol. The molecule has 1 unspecified atom stereocenters. The SMILES string of the molecule is CC1CN(c2cc(Cl)nc(SCC(=O)N3CCOCC3)n2)CCN1C(=O)c1ccc(C(C)(C)C)cc1. The molecule has 2 aliphatic rings. The van der Waals surface area contributed by atoms with Crippen LogP contribution in [0, 0.1) is 0 Å². The molecule has 2 fully saturated rings. The smallest absolute Gasteiger partial charge is 0.254 e. The number of rotatable bonds is 5. The first-order valence-electron chi connectivity index (χ1n) is 12.3. The number of morpholine rings is 1. The molecule has 2 aliphatic heterocycles. The highest BCUT2D eigenvalue weighted by Gasteiger charge is 2.29. The number of benzene rings is 1. The second-order valence-electron chi connectivity index (χ2n) is 10.2. The van der Waals surface area contributed by atoms with Crippen molar-refractivity contribution in [3.8, 4) is 0 Å². The Hall–Kier alpha value is -2.36. The van der Waals surface area contributed by atoms with Gasteiger partial charge < -0.3 is 19.4 Å². The fourth-order valence-corrected chi connectivity index (χ4v) is 5.37. The number of hydrogen-bond acceptors (Lipinski definition) is 7. The summed E-state index contributed by atoms with van der Waals surface area (Å²) in [4.78, 5) is 40.5. The molecule has 0 bridgehead atoms. The number of aromatic nitrogens is 2. The summed E-state index contributed by atoms with van der Waals surface area (Å²) >= 11 is 7.60. The molecule has 0 spiro atoms. The van der Waals surface area contributed by atoms with Gasteiger partial charge in [0.1, 0.15) is 11.0 Å². The second-order valence-corrected chi connectivity index (χ2v) is 11.6. The fourth-order valence-electron chi connectivity index (χ4n) is 4.39. The third-order valence-corrected chi connectivity index (χ3v) is 7.59. The summed E-state index contributed by atoms with van der Waals surface area (Å²) in [6, 6.07) is 9.67. The van der Waals surface area contributed by atoms with Gasteiger partial charge in [-0.3, -0.25) is 9.59 Å². The van der Waals surface area contributed by atoms with E-state index in [0.717, 1.165) is 0 Å². The molecule has 0 N–H and O–H groups in total. The van der Waals surface area contributed by atoms with Gasteiger partial charge >= 0.3 is 0 Å². The maximum atomic E-state index is 13.2.